The smallest absolute Gasteiger partial charge is 0.235 e. The molecule has 17 heavy (non-hydrogen) atoms. The van der Waals surface area contributed by atoms with Crippen LogP contribution in [-0.4, -0.2) is 19.6 Å². The highest BCUT2D eigenvalue weighted by Crippen LogP contribution is 2.42. The van der Waals surface area contributed by atoms with Crippen molar-refractivity contribution in [1.82, 2.24) is 0 Å². The molecule has 1 aliphatic heterocycles. The molecular formula is C13H16ClNO2. The van der Waals surface area contributed by atoms with Crippen LogP contribution < -0.4 is 9.64 Å². The Balaban J connectivity index is 2.63. The van der Waals surface area contributed by atoms with Gasteiger partial charge in [0, 0.05) is 7.05 Å². The van der Waals surface area contributed by atoms with Crippen LogP contribution in [0.5, 0.6) is 5.75 Å². The Bertz CT molecular complexity index is 483. The van der Waals surface area contributed by atoms with Gasteiger partial charge in [-0.1, -0.05) is 17.7 Å². The van der Waals surface area contributed by atoms with Gasteiger partial charge in [-0.15, -0.1) is 0 Å². The van der Waals surface area contributed by atoms with Gasteiger partial charge in [0.15, 0.2) is 5.75 Å². The van der Waals surface area contributed by atoms with E-state index < -0.39 is 5.41 Å². The zero-order valence-corrected chi connectivity index (χ0v) is 11.3. The Labute approximate surface area is 106 Å². The second kappa shape index (κ2) is 3.91. The molecule has 0 saturated carbocycles. The van der Waals surface area contributed by atoms with Gasteiger partial charge >= 0.3 is 0 Å². The van der Waals surface area contributed by atoms with Crippen LogP contribution in [0.25, 0.3) is 0 Å². The van der Waals surface area contributed by atoms with Crippen molar-refractivity contribution in [3.05, 3.63) is 22.7 Å². The maximum Gasteiger partial charge on any atom is 0.235 e. The van der Waals surface area contributed by atoms with Crippen molar-refractivity contribution in [3.8, 4) is 5.75 Å². The first-order valence-corrected chi connectivity index (χ1v) is 5.92. The van der Waals surface area contributed by atoms with Crippen LogP contribution in [-0.2, 0) is 4.79 Å². The normalized spacial score (nSPS) is 18.4. The Morgan fingerprint density at radius 1 is 1.41 bits per heavy atom. The molecular weight excluding hydrogens is 238 g/mol. The lowest BCUT2D eigenvalue weighted by Crippen LogP contribution is -2.40. The molecule has 2 rings (SSSR count). The summed E-state index contributed by atoms with van der Waals surface area (Å²) in [4.78, 5) is 13.9. The molecule has 1 amide bonds. The number of aryl methyl sites for hydroxylation is 1. The van der Waals surface area contributed by atoms with Crippen molar-refractivity contribution in [2.45, 2.75) is 20.8 Å². The lowest BCUT2D eigenvalue weighted by molar-refractivity contribution is -0.127. The first-order chi connectivity index (χ1) is 7.84. The number of hydrogen-bond donors (Lipinski definition) is 0. The SMILES string of the molecule is Cc1ccc(Cl)c2c1N(C)C(=O)C(C)(C)CO2. The monoisotopic (exact) mass is 253 g/mol. The molecule has 92 valence electrons. The lowest BCUT2D eigenvalue weighted by atomic mass is 9.93. The average molecular weight is 254 g/mol. The third-order valence-corrected chi connectivity index (χ3v) is 3.38. The second-order valence-electron chi connectivity index (χ2n) is 5.08. The number of carbonyl (C=O) groups excluding carboxylic acids is 1. The van der Waals surface area contributed by atoms with Gasteiger partial charge in [-0.3, -0.25) is 4.79 Å². The second-order valence-corrected chi connectivity index (χ2v) is 5.49. The zero-order valence-electron chi connectivity index (χ0n) is 10.5. The Kier molecular flexibility index (Phi) is 2.82. The minimum absolute atomic E-state index is 0.0432. The van der Waals surface area contributed by atoms with Gasteiger partial charge < -0.3 is 9.64 Å². The summed E-state index contributed by atoms with van der Waals surface area (Å²) in [6, 6.07) is 3.69. The van der Waals surface area contributed by atoms with Crippen molar-refractivity contribution < 1.29 is 9.53 Å². The van der Waals surface area contributed by atoms with E-state index in [0.29, 0.717) is 17.4 Å². The first-order valence-electron chi connectivity index (χ1n) is 5.54. The molecule has 0 atom stereocenters. The van der Waals surface area contributed by atoms with E-state index in [4.69, 9.17) is 16.3 Å². The predicted octanol–water partition coefficient (Wildman–Crippen LogP) is 3.03. The number of halogens is 1. The molecule has 0 spiro atoms. The van der Waals surface area contributed by atoms with E-state index >= 15 is 0 Å². The minimum atomic E-state index is -0.538. The Morgan fingerprint density at radius 2 is 2.06 bits per heavy atom. The Morgan fingerprint density at radius 3 is 2.71 bits per heavy atom. The van der Waals surface area contributed by atoms with Crippen molar-refractivity contribution in [3.63, 3.8) is 0 Å². The number of amides is 1. The molecule has 0 aliphatic carbocycles. The summed E-state index contributed by atoms with van der Waals surface area (Å²) in [5.74, 6) is 0.648. The van der Waals surface area contributed by atoms with Gasteiger partial charge in [0.2, 0.25) is 5.91 Å². The number of nitrogens with zero attached hydrogens (tertiary/aromatic N) is 1. The number of rotatable bonds is 0. The number of carbonyl (C=O) groups is 1. The molecule has 1 aromatic rings. The summed E-state index contributed by atoms with van der Waals surface area (Å²) in [6.45, 7) is 6.04. The van der Waals surface area contributed by atoms with Crippen molar-refractivity contribution in [2.75, 3.05) is 18.6 Å². The average Bonchev–Trinajstić information content (AvgIpc) is 2.35. The van der Waals surface area contributed by atoms with Gasteiger partial charge in [0.05, 0.1) is 16.1 Å². The highest BCUT2D eigenvalue weighted by Gasteiger charge is 2.37. The molecule has 3 nitrogen and oxygen atoms in total. The number of fused-ring (bicyclic) bond motifs is 1. The molecule has 0 unspecified atom stereocenters. The van der Waals surface area contributed by atoms with Gasteiger partial charge in [-0.05, 0) is 32.4 Å². The van der Waals surface area contributed by atoms with Crippen molar-refractivity contribution in [1.29, 1.82) is 0 Å². The summed E-state index contributed by atoms with van der Waals surface area (Å²) < 4.78 is 5.72. The van der Waals surface area contributed by atoms with E-state index in [-0.39, 0.29) is 5.91 Å². The maximum atomic E-state index is 12.3. The molecule has 1 aromatic carbocycles. The van der Waals surface area contributed by atoms with Crippen LogP contribution in [0.3, 0.4) is 0 Å². The predicted molar refractivity (Wildman–Crippen MR) is 68.9 cm³/mol. The largest absolute Gasteiger partial charge is 0.489 e. The Hall–Kier alpha value is -1.22. The molecule has 0 fully saturated rings. The fourth-order valence-corrected chi connectivity index (χ4v) is 2.28. The van der Waals surface area contributed by atoms with Gasteiger partial charge in [0.25, 0.3) is 0 Å². The summed E-state index contributed by atoms with van der Waals surface area (Å²) >= 11 is 6.13. The third-order valence-electron chi connectivity index (χ3n) is 3.08. The van der Waals surface area contributed by atoms with Crippen LogP contribution in [0.15, 0.2) is 12.1 Å². The van der Waals surface area contributed by atoms with Crippen LogP contribution in [0, 0.1) is 12.3 Å². The summed E-state index contributed by atoms with van der Waals surface area (Å²) in [6.07, 6.45) is 0. The van der Waals surface area contributed by atoms with E-state index in [1.165, 1.54) is 0 Å². The summed E-state index contributed by atoms with van der Waals surface area (Å²) in [7, 11) is 1.76. The van der Waals surface area contributed by atoms with Gasteiger partial charge in [-0.25, -0.2) is 0 Å². The number of anilines is 1. The fraction of sp³-hybridized carbons (Fsp3) is 0.462. The van der Waals surface area contributed by atoms with Crippen molar-refractivity contribution >= 4 is 23.2 Å². The van der Waals surface area contributed by atoms with E-state index in [0.717, 1.165) is 11.3 Å². The van der Waals surface area contributed by atoms with E-state index in [1.807, 2.05) is 26.8 Å². The zero-order chi connectivity index (χ0) is 12.8. The highest BCUT2D eigenvalue weighted by atomic mass is 35.5. The molecule has 1 aliphatic rings. The number of hydrogen-bond acceptors (Lipinski definition) is 2. The molecule has 0 N–H and O–H groups in total. The van der Waals surface area contributed by atoms with Crippen LogP contribution in [0.2, 0.25) is 5.02 Å². The lowest BCUT2D eigenvalue weighted by Gasteiger charge is -2.25. The van der Waals surface area contributed by atoms with E-state index in [1.54, 1.807) is 18.0 Å². The molecule has 0 saturated heterocycles. The van der Waals surface area contributed by atoms with Crippen molar-refractivity contribution in [2.24, 2.45) is 5.41 Å². The molecule has 0 bridgehead atoms. The first kappa shape index (κ1) is 12.2. The summed E-state index contributed by atoms with van der Waals surface area (Å²) in [5, 5.41) is 0.544. The van der Waals surface area contributed by atoms with E-state index in [2.05, 4.69) is 0 Å². The highest BCUT2D eigenvalue weighted by molar-refractivity contribution is 6.32. The van der Waals surface area contributed by atoms with Gasteiger partial charge in [-0.2, -0.15) is 0 Å². The third kappa shape index (κ3) is 1.89. The molecule has 0 radical (unpaired) electrons. The van der Waals surface area contributed by atoms with E-state index in [9.17, 15) is 4.79 Å². The fourth-order valence-electron chi connectivity index (χ4n) is 2.07. The summed E-state index contributed by atoms with van der Waals surface area (Å²) in [5.41, 5.74) is 1.22. The topological polar surface area (TPSA) is 29.5 Å². The minimum Gasteiger partial charge on any atom is -0.489 e. The molecule has 1 heterocycles. The van der Waals surface area contributed by atoms with Crippen LogP contribution in [0.4, 0.5) is 5.69 Å². The number of benzene rings is 1. The van der Waals surface area contributed by atoms with Crippen LogP contribution in [0.1, 0.15) is 19.4 Å². The van der Waals surface area contributed by atoms with Crippen LogP contribution >= 0.6 is 11.6 Å². The quantitative estimate of drug-likeness (QED) is 0.711. The standard InChI is InChI=1S/C13H16ClNO2/c1-8-5-6-9(14)11-10(8)15(4)12(16)13(2,3)7-17-11/h5-6H,7H2,1-4H3. The molecule has 0 aromatic heterocycles. The van der Waals surface area contributed by atoms with Gasteiger partial charge in [0.1, 0.15) is 6.61 Å². The number of ether oxygens (including phenoxy) is 1. The molecule has 4 heteroatoms. The maximum absolute atomic E-state index is 12.3.